The van der Waals surface area contributed by atoms with E-state index in [1.165, 1.54) is 6.20 Å². The number of hydrazine groups is 1. The first-order valence-electron chi connectivity index (χ1n) is 5.15. The van der Waals surface area contributed by atoms with Crippen molar-refractivity contribution in [2.45, 2.75) is 0 Å². The van der Waals surface area contributed by atoms with Gasteiger partial charge in [0.05, 0.1) is 11.7 Å². The van der Waals surface area contributed by atoms with Crippen molar-refractivity contribution >= 4 is 51.9 Å². The van der Waals surface area contributed by atoms with Crippen molar-refractivity contribution in [1.29, 1.82) is 0 Å². The van der Waals surface area contributed by atoms with E-state index in [-0.39, 0.29) is 5.28 Å². The first-order chi connectivity index (χ1) is 9.06. The Morgan fingerprint density at radius 1 is 1.42 bits per heavy atom. The Balaban J connectivity index is 2.19. The lowest BCUT2D eigenvalue weighted by molar-refractivity contribution is 0.0165. The monoisotopic (exact) mass is 320 g/mol. The van der Waals surface area contributed by atoms with E-state index >= 15 is 0 Å². The molecule has 4 N–H and O–H groups in total. The molecule has 2 heterocycles. The van der Waals surface area contributed by atoms with E-state index < -0.39 is 0 Å². The largest absolute Gasteiger partial charge is 0.369 e. The van der Waals surface area contributed by atoms with Gasteiger partial charge in [-0.1, -0.05) is 16.2 Å². The van der Waals surface area contributed by atoms with Crippen molar-refractivity contribution < 1.29 is 5.21 Å². The molecule has 0 atom stereocenters. The molecule has 2 aromatic rings. The summed E-state index contributed by atoms with van der Waals surface area (Å²) in [6, 6.07) is 1.66. The van der Waals surface area contributed by atoms with Crippen molar-refractivity contribution in [3.8, 4) is 0 Å². The molecule has 0 aromatic carbocycles. The van der Waals surface area contributed by atoms with Gasteiger partial charge < -0.3 is 5.32 Å². The second-order valence-corrected chi connectivity index (χ2v) is 5.19. The zero-order valence-corrected chi connectivity index (χ0v) is 11.9. The lowest BCUT2D eigenvalue weighted by Crippen LogP contribution is -2.20. The van der Waals surface area contributed by atoms with Gasteiger partial charge in [0.2, 0.25) is 5.28 Å². The second-order valence-electron chi connectivity index (χ2n) is 3.43. The van der Waals surface area contributed by atoms with Crippen LogP contribution in [0.2, 0.25) is 10.4 Å². The zero-order chi connectivity index (χ0) is 13.8. The molecule has 0 unspecified atom stereocenters. The maximum Gasteiger partial charge on any atom is 0.224 e. The Hall–Kier alpha value is -0.900. The second kappa shape index (κ2) is 6.51. The van der Waals surface area contributed by atoms with Crippen LogP contribution in [0.4, 0.5) is 5.82 Å². The number of halogens is 2. The van der Waals surface area contributed by atoms with Gasteiger partial charge in [0, 0.05) is 17.7 Å². The number of hydrogen-bond acceptors (Lipinski definition) is 8. The molecule has 0 aliphatic heterocycles. The van der Waals surface area contributed by atoms with E-state index in [1.807, 2.05) is 0 Å². The molecule has 0 fully saturated rings. The number of aromatic nitrogens is 3. The van der Waals surface area contributed by atoms with E-state index in [0.29, 0.717) is 33.4 Å². The van der Waals surface area contributed by atoms with E-state index in [0.717, 1.165) is 17.3 Å². The first-order valence-corrected chi connectivity index (χ1v) is 6.85. The SMILES string of the molecule is NN(O)SCCNc1nc(Cl)nc2cnc(Cl)cc12. The van der Waals surface area contributed by atoms with Gasteiger partial charge in [0.1, 0.15) is 11.0 Å². The Morgan fingerprint density at radius 2 is 2.21 bits per heavy atom. The van der Waals surface area contributed by atoms with Gasteiger partial charge in [-0.15, -0.1) is 0 Å². The van der Waals surface area contributed by atoms with Crippen molar-refractivity contribution in [3.63, 3.8) is 0 Å². The third kappa shape index (κ3) is 4.03. The van der Waals surface area contributed by atoms with Crippen LogP contribution in [0.3, 0.4) is 0 Å². The fourth-order valence-electron chi connectivity index (χ4n) is 1.42. The van der Waals surface area contributed by atoms with Crippen molar-refractivity contribution in [1.82, 2.24) is 19.5 Å². The van der Waals surface area contributed by atoms with Crippen LogP contribution in [0.15, 0.2) is 12.3 Å². The predicted molar refractivity (Wildman–Crippen MR) is 76.1 cm³/mol. The minimum absolute atomic E-state index is 0.120. The molecule has 2 rings (SSSR count). The molecule has 0 saturated heterocycles. The molecule has 19 heavy (non-hydrogen) atoms. The van der Waals surface area contributed by atoms with Crippen LogP contribution in [0.1, 0.15) is 0 Å². The highest BCUT2D eigenvalue weighted by molar-refractivity contribution is 7.96. The van der Waals surface area contributed by atoms with E-state index in [4.69, 9.17) is 34.3 Å². The third-order valence-electron chi connectivity index (χ3n) is 2.14. The molecule has 0 saturated carbocycles. The van der Waals surface area contributed by atoms with Gasteiger partial charge >= 0.3 is 0 Å². The van der Waals surface area contributed by atoms with E-state index in [9.17, 15) is 0 Å². The van der Waals surface area contributed by atoms with Crippen molar-refractivity contribution in [3.05, 3.63) is 22.7 Å². The number of pyridine rings is 1. The molecule has 0 amide bonds. The molecule has 2 aromatic heterocycles. The summed E-state index contributed by atoms with van der Waals surface area (Å²) in [5.41, 5.74) is 0.599. The van der Waals surface area contributed by atoms with Crippen LogP contribution in [-0.2, 0) is 0 Å². The Morgan fingerprint density at radius 3 is 2.95 bits per heavy atom. The molecule has 0 aliphatic rings. The summed E-state index contributed by atoms with van der Waals surface area (Å²) < 4.78 is 0.549. The maximum absolute atomic E-state index is 8.78. The average Bonchev–Trinajstić information content (AvgIpc) is 2.35. The number of hydrogen-bond donors (Lipinski definition) is 3. The summed E-state index contributed by atoms with van der Waals surface area (Å²) in [6.07, 6.45) is 1.53. The van der Waals surface area contributed by atoms with Crippen LogP contribution in [-0.4, -0.2) is 37.0 Å². The fourth-order valence-corrected chi connectivity index (χ4v) is 2.14. The summed E-state index contributed by atoms with van der Waals surface area (Å²) in [4.78, 5) is 12.1. The lowest BCUT2D eigenvalue weighted by Gasteiger charge is -2.10. The van der Waals surface area contributed by atoms with Gasteiger partial charge in [-0.2, -0.15) is 0 Å². The quantitative estimate of drug-likeness (QED) is 0.192. The molecule has 0 radical (unpaired) electrons. The molecule has 0 spiro atoms. The summed E-state index contributed by atoms with van der Waals surface area (Å²) in [7, 11) is 0. The van der Waals surface area contributed by atoms with E-state index in [1.54, 1.807) is 6.07 Å². The van der Waals surface area contributed by atoms with Crippen LogP contribution in [0.25, 0.3) is 10.9 Å². The summed E-state index contributed by atoms with van der Waals surface area (Å²) in [6.45, 7) is 0.529. The molecule has 7 nitrogen and oxygen atoms in total. The summed E-state index contributed by atoms with van der Waals surface area (Å²) in [5, 5.41) is 13.0. The Labute approximate surface area is 123 Å². The topological polar surface area (TPSA) is 100 Å². The molecule has 0 bridgehead atoms. The number of anilines is 1. The van der Waals surface area contributed by atoms with Crippen LogP contribution in [0.5, 0.6) is 0 Å². The standard InChI is InChI=1S/C9H10Cl2N6OS/c10-7-3-5-6(4-14-7)15-9(11)16-8(5)13-1-2-19-17(12)18/h3-4,18H,1-2,12H2,(H,13,15,16). The first kappa shape index (κ1) is 14.5. The van der Waals surface area contributed by atoms with Crippen LogP contribution < -0.4 is 11.2 Å². The van der Waals surface area contributed by atoms with Crippen molar-refractivity contribution in [2.24, 2.45) is 5.84 Å². The van der Waals surface area contributed by atoms with Gasteiger partial charge in [-0.25, -0.2) is 20.8 Å². The van der Waals surface area contributed by atoms with Gasteiger partial charge in [0.25, 0.3) is 0 Å². The highest BCUT2D eigenvalue weighted by atomic mass is 35.5. The highest BCUT2D eigenvalue weighted by Crippen LogP contribution is 2.23. The van der Waals surface area contributed by atoms with E-state index in [2.05, 4.69) is 20.3 Å². The van der Waals surface area contributed by atoms with Gasteiger partial charge in [0.15, 0.2) is 0 Å². The number of nitrogens with two attached hydrogens (primary N) is 1. The smallest absolute Gasteiger partial charge is 0.224 e. The van der Waals surface area contributed by atoms with Gasteiger partial charge in [-0.3, -0.25) is 5.21 Å². The minimum atomic E-state index is 0.120. The zero-order valence-electron chi connectivity index (χ0n) is 9.55. The molecular weight excluding hydrogens is 311 g/mol. The third-order valence-corrected chi connectivity index (χ3v) is 3.17. The van der Waals surface area contributed by atoms with Gasteiger partial charge in [-0.05, 0) is 29.6 Å². The highest BCUT2D eigenvalue weighted by Gasteiger charge is 2.07. The number of fused-ring (bicyclic) bond motifs is 1. The summed E-state index contributed by atoms with van der Waals surface area (Å²) >= 11 is 12.7. The maximum atomic E-state index is 8.78. The van der Waals surface area contributed by atoms with Crippen molar-refractivity contribution in [2.75, 3.05) is 17.6 Å². The fraction of sp³-hybridized carbons (Fsp3) is 0.222. The number of nitrogens with zero attached hydrogens (tertiary/aromatic N) is 4. The summed E-state index contributed by atoms with van der Waals surface area (Å²) in [5.74, 6) is 6.17. The van der Waals surface area contributed by atoms with Crippen LogP contribution >= 0.6 is 35.1 Å². The normalized spacial score (nSPS) is 11.2. The number of nitrogens with one attached hydrogen (secondary N) is 1. The predicted octanol–water partition coefficient (Wildman–Crippen LogP) is 1.96. The van der Waals surface area contributed by atoms with Crippen LogP contribution in [0, 0.1) is 0 Å². The minimum Gasteiger partial charge on any atom is -0.369 e. The average molecular weight is 321 g/mol. The lowest BCUT2D eigenvalue weighted by atomic mass is 10.3. The number of rotatable bonds is 5. The molecular formula is C9H10Cl2N6OS. The molecule has 102 valence electrons. The molecule has 10 heteroatoms. The Kier molecular flexibility index (Phi) is 4.97. The molecule has 0 aliphatic carbocycles. The Bertz CT molecular complexity index is 584.